The van der Waals surface area contributed by atoms with Crippen molar-refractivity contribution in [2.45, 2.75) is 25.4 Å². The van der Waals surface area contributed by atoms with Gasteiger partial charge in [0.25, 0.3) is 0 Å². The van der Waals surface area contributed by atoms with Crippen LogP contribution in [0.3, 0.4) is 0 Å². The standard InChI is InChI=1S/C22H21NO2/c24-19(8-7-16-4-3-11-23-14-16)15-25-20-9-10-22-18(13-20)12-17-5-1-2-6-21(17)22/h1-6,9-11,13-14,19,24H,7-8,12,15H2. The molecular formula is C22H21NO2. The first-order valence-electron chi connectivity index (χ1n) is 8.70. The highest BCUT2D eigenvalue weighted by Crippen LogP contribution is 2.38. The lowest BCUT2D eigenvalue weighted by atomic mass is 10.1. The third-order valence-electron chi connectivity index (χ3n) is 4.70. The molecule has 126 valence electrons. The van der Waals surface area contributed by atoms with E-state index < -0.39 is 6.10 Å². The predicted octanol–water partition coefficient (Wildman–Crippen LogP) is 4.03. The van der Waals surface area contributed by atoms with E-state index in [1.165, 1.54) is 22.3 Å². The van der Waals surface area contributed by atoms with Crippen LogP contribution in [0.25, 0.3) is 11.1 Å². The van der Waals surface area contributed by atoms with Crippen molar-refractivity contribution in [1.29, 1.82) is 0 Å². The first-order valence-corrected chi connectivity index (χ1v) is 8.70. The SMILES string of the molecule is OC(CCc1cccnc1)COc1ccc2c(c1)Cc1ccccc1-2. The van der Waals surface area contributed by atoms with Crippen molar-refractivity contribution in [3.8, 4) is 16.9 Å². The Morgan fingerprint density at radius 3 is 2.76 bits per heavy atom. The molecule has 3 nitrogen and oxygen atoms in total. The molecular weight excluding hydrogens is 310 g/mol. The van der Waals surface area contributed by atoms with Crippen molar-refractivity contribution >= 4 is 0 Å². The molecule has 1 unspecified atom stereocenters. The van der Waals surface area contributed by atoms with E-state index in [2.05, 4.69) is 41.4 Å². The van der Waals surface area contributed by atoms with Gasteiger partial charge in [-0.15, -0.1) is 0 Å². The van der Waals surface area contributed by atoms with Gasteiger partial charge >= 0.3 is 0 Å². The summed E-state index contributed by atoms with van der Waals surface area (Å²) >= 11 is 0. The zero-order valence-corrected chi connectivity index (χ0v) is 14.1. The molecule has 0 radical (unpaired) electrons. The molecule has 1 heterocycles. The Kier molecular flexibility index (Phi) is 4.49. The normalized spacial score (nSPS) is 13.2. The minimum absolute atomic E-state index is 0.312. The van der Waals surface area contributed by atoms with Crippen LogP contribution in [0.15, 0.2) is 67.0 Å². The summed E-state index contributed by atoms with van der Waals surface area (Å²) in [7, 11) is 0. The van der Waals surface area contributed by atoms with Gasteiger partial charge in [0, 0.05) is 12.4 Å². The number of aromatic nitrogens is 1. The van der Waals surface area contributed by atoms with Gasteiger partial charge in [-0.1, -0.05) is 36.4 Å². The van der Waals surface area contributed by atoms with Crippen molar-refractivity contribution in [2.24, 2.45) is 0 Å². The molecule has 2 aromatic carbocycles. The van der Waals surface area contributed by atoms with Crippen LogP contribution in [0.5, 0.6) is 5.75 Å². The maximum absolute atomic E-state index is 10.2. The lowest BCUT2D eigenvalue weighted by Crippen LogP contribution is -2.18. The number of hydrogen-bond donors (Lipinski definition) is 1. The number of ether oxygens (including phenoxy) is 1. The summed E-state index contributed by atoms with van der Waals surface area (Å²) in [6.07, 6.45) is 5.54. The molecule has 0 amide bonds. The van der Waals surface area contributed by atoms with Crippen molar-refractivity contribution in [3.05, 3.63) is 83.7 Å². The van der Waals surface area contributed by atoms with Gasteiger partial charge in [0.05, 0.1) is 6.10 Å². The number of aryl methyl sites for hydroxylation is 1. The molecule has 1 aliphatic rings. The monoisotopic (exact) mass is 331 g/mol. The van der Waals surface area contributed by atoms with Gasteiger partial charge < -0.3 is 9.84 Å². The third kappa shape index (κ3) is 3.57. The summed E-state index contributed by atoms with van der Waals surface area (Å²) < 4.78 is 5.81. The Hall–Kier alpha value is -2.65. The van der Waals surface area contributed by atoms with Crippen molar-refractivity contribution < 1.29 is 9.84 Å². The smallest absolute Gasteiger partial charge is 0.119 e. The van der Waals surface area contributed by atoms with Gasteiger partial charge in [-0.05, 0) is 65.3 Å². The van der Waals surface area contributed by atoms with Crippen LogP contribution in [0.2, 0.25) is 0 Å². The van der Waals surface area contributed by atoms with Crippen LogP contribution in [0, 0.1) is 0 Å². The van der Waals surface area contributed by atoms with Crippen LogP contribution >= 0.6 is 0 Å². The predicted molar refractivity (Wildman–Crippen MR) is 98.7 cm³/mol. The molecule has 25 heavy (non-hydrogen) atoms. The lowest BCUT2D eigenvalue weighted by molar-refractivity contribution is 0.100. The van der Waals surface area contributed by atoms with Gasteiger partial charge in [-0.25, -0.2) is 0 Å². The van der Waals surface area contributed by atoms with Gasteiger partial charge in [-0.3, -0.25) is 4.98 Å². The maximum atomic E-state index is 10.2. The summed E-state index contributed by atoms with van der Waals surface area (Å²) in [4.78, 5) is 4.09. The lowest BCUT2D eigenvalue weighted by Gasteiger charge is -2.13. The molecule has 1 aliphatic carbocycles. The van der Waals surface area contributed by atoms with E-state index >= 15 is 0 Å². The highest BCUT2D eigenvalue weighted by atomic mass is 16.5. The average molecular weight is 331 g/mol. The minimum Gasteiger partial charge on any atom is -0.491 e. The van der Waals surface area contributed by atoms with E-state index in [-0.39, 0.29) is 0 Å². The summed E-state index contributed by atoms with van der Waals surface area (Å²) in [5, 5.41) is 10.2. The molecule has 0 bridgehead atoms. The topological polar surface area (TPSA) is 42.4 Å². The molecule has 1 atom stereocenters. The molecule has 0 saturated carbocycles. The molecule has 0 spiro atoms. The zero-order chi connectivity index (χ0) is 17.1. The number of rotatable bonds is 6. The molecule has 0 aliphatic heterocycles. The van der Waals surface area contributed by atoms with E-state index in [1.807, 2.05) is 24.4 Å². The Bertz CT molecular complexity index is 861. The van der Waals surface area contributed by atoms with E-state index in [9.17, 15) is 5.11 Å². The highest BCUT2D eigenvalue weighted by Gasteiger charge is 2.18. The highest BCUT2D eigenvalue weighted by molar-refractivity contribution is 5.77. The summed E-state index contributed by atoms with van der Waals surface area (Å²) in [5.74, 6) is 0.826. The second-order valence-electron chi connectivity index (χ2n) is 6.52. The molecule has 0 fully saturated rings. The second-order valence-corrected chi connectivity index (χ2v) is 6.52. The number of fused-ring (bicyclic) bond motifs is 3. The first-order chi connectivity index (χ1) is 12.3. The van der Waals surface area contributed by atoms with E-state index in [1.54, 1.807) is 6.20 Å². The molecule has 3 aromatic rings. The van der Waals surface area contributed by atoms with E-state index in [4.69, 9.17) is 4.74 Å². The minimum atomic E-state index is -0.481. The third-order valence-corrected chi connectivity index (χ3v) is 4.70. The largest absolute Gasteiger partial charge is 0.491 e. The van der Waals surface area contributed by atoms with Crippen molar-refractivity contribution in [3.63, 3.8) is 0 Å². The quantitative estimate of drug-likeness (QED) is 0.580. The van der Waals surface area contributed by atoms with Gasteiger partial charge in [0.2, 0.25) is 0 Å². The Morgan fingerprint density at radius 1 is 1.00 bits per heavy atom. The molecule has 3 heteroatoms. The molecule has 1 N–H and O–H groups in total. The van der Waals surface area contributed by atoms with Crippen LogP contribution in [0.4, 0.5) is 0 Å². The number of aliphatic hydroxyl groups is 1. The Labute approximate surface area is 147 Å². The fourth-order valence-corrected chi connectivity index (χ4v) is 3.37. The summed E-state index contributed by atoms with van der Waals surface area (Å²) in [6.45, 7) is 0.312. The summed E-state index contributed by atoms with van der Waals surface area (Å²) in [5.41, 5.74) is 6.41. The van der Waals surface area contributed by atoms with Crippen molar-refractivity contribution in [2.75, 3.05) is 6.61 Å². The van der Waals surface area contributed by atoms with Gasteiger partial charge in [0.1, 0.15) is 12.4 Å². The van der Waals surface area contributed by atoms with Gasteiger partial charge in [0.15, 0.2) is 0 Å². The number of aliphatic hydroxyl groups excluding tert-OH is 1. The number of pyridine rings is 1. The average Bonchev–Trinajstić information content (AvgIpc) is 3.03. The zero-order valence-electron chi connectivity index (χ0n) is 14.1. The Balaban J connectivity index is 1.34. The van der Waals surface area contributed by atoms with Crippen molar-refractivity contribution in [1.82, 2.24) is 4.98 Å². The van der Waals surface area contributed by atoms with E-state index in [0.717, 1.165) is 24.2 Å². The van der Waals surface area contributed by atoms with Crippen LogP contribution in [-0.2, 0) is 12.8 Å². The molecule has 0 saturated heterocycles. The van der Waals surface area contributed by atoms with Crippen LogP contribution in [0.1, 0.15) is 23.1 Å². The number of nitrogens with zero attached hydrogens (tertiary/aromatic N) is 1. The fourth-order valence-electron chi connectivity index (χ4n) is 3.37. The number of benzene rings is 2. The Morgan fingerprint density at radius 2 is 1.88 bits per heavy atom. The fraction of sp³-hybridized carbons (Fsp3) is 0.227. The second kappa shape index (κ2) is 7.08. The first kappa shape index (κ1) is 15.9. The molecule has 4 rings (SSSR count). The van der Waals surface area contributed by atoms with Gasteiger partial charge in [-0.2, -0.15) is 0 Å². The van der Waals surface area contributed by atoms with Crippen LogP contribution in [-0.4, -0.2) is 22.8 Å². The molecule has 1 aromatic heterocycles. The number of hydrogen-bond acceptors (Lipinski definition) is 3. The van der Waals surface area contributed by atoms with E-state index in [0.29, 0.717) is 13.0 Å². The van der Waals surface area contributed by atoms with Crippen LogP contribution < -0.4 is 4.74 Å². The maximum Gasteiger partial charge on any atom is 0.119 e. The summed E-state index contributed by atoms with van der Waals surface area (Å²) in [6, 6.07) is 18.7.